The number of carbonyl (C=O) groups is 1. The van der Waals surface area contributed by atoms with Crippen LogP contribution in [0.2, 0.25) is 0 Å². The van der Waals surface area contributed by atoms with Gasteiger partial charge in [0.05, 0.1) is 14.2 Å². The van der Waals surface area contributed by atoms with E-state index in [1.165, 1.54) is 11.8 Å². The summed E-state index contributed by atoms with van der Waals surface area (Å²) in [4.78, 5) is 12.9. The second-order valence-corrected chi connectivity index (χ2v) is 7.96. The average Bonchev–Trinajstić information content (AvgIpc) is 2.71. The summed E-state index contributed by atoms with van der Waals surface area (Å²) in [7, 11) is 3.20. The lowest BCUT2D eigenvalue weighted by Crippen LogP contribution is -2.50. The molecule has 2 N–H and O–H groups in total. The fourth-order valence-corrected chi connectivity index (χ4v) is 4.36. The molecule has 2 aliphatic rings. The smallest absolute Gasteiger partial charge is 0.255 e. The fourth-order valence-electron chi connectivity index (χ4n) is 3.53. The second-order valence-electron chi connectivity index (χ2n) is 6.25. The molecule has 2 aromatic carbocycles. The number of benzene rings is 2. The summed E-state index contributed by atoms with van der Waals surface area (Å²) in [5.41, 5.74) is 2.57. The molecule has 2 aliphatic heterocycles. The molecule has 2 heterocycles. The summed E-state index contributed by atoms with van der Waals surface area (Å²) < 4.78 is 12.0. The molecule has 7 nitrogen and oxygen atoms in total. The van der Waals surface area contributed by atoms with E-state index in [2.05, 4.69) is 26.6 Å². The Hall–Kier alpha value is -2.39. The van der Waals surface area contributed by atoms with Crippen molar-refractivity contribution in [1.82, 2.24) is 10.3 Å². The highest BCUT2D eigenvalue weighted by Gasteiger charge is 2.43. The highest BCUT2D eigenvalue weighted by Crippen LogP contribution is 2.47. The maximum Gasteiger partial charge on any atom is 0.255 e. The summed E-state index contributed by atoms with van der Waals surface area (Å²) in [5.74, 6) is 1.08. The first-order chi connectivity index (χ1) is 13.6. The highest BCUT2D eigenvalue weighted by molar-refractivity contribution is 9.10. The third-order valence-corrected chi connectivity index (χ3v) is 5.75. The number of nitrogens with zero attached hydrogens (tertiary/aromatic N) is 2. The standard InChI is InChI=1S/C19H19BrN4O3S/c1-26-14-9-10(20)8-12(16(14)27-2)17-21-13-7-5-4-6-11(13)15-18(25)22-19(28-3)23-24(15)17/h4-9,15,17,21H,1-3H3,(H,22,23,25)/t15-,17-/m1/s1. The van der Waals surface area contributed by atoms with Crippen molar-refractivity contribution < 1.29 is 14.3 Å². The number of rotatable bonds is 3. The van der Waals surface area contributed by atoms with Gasteiger partial charge in [-0.15, -0.1) is 5.10 Å². The number of thioether (sulfide) groups is 1. The number of amidine groups is 1. The number of methoxy groups -OCH3 is 2. The van der Waals surface area contributed by atoms with Crippen LogP contribution in [-0.4, -0.2) is 36.6 Å². The van der Waals surface area contributed by atoms with Gasteiger partial charge in [-0.1, -0.05) is 45.9 Å². The Bertz CT molecular complexity index is 968. The molecule has 0 fully saturated rings. The summed E-state index contributed by atoms with van der Waals surface area (Å²) >= 11 is 4.93. The molecule has 2 aromatic rings. The van der Waals surface area contributed by atoms with Crippen molar-refractivity contribution in [2.45, 2.75) is 12.2 Å². The van der Waals surface area contributed by atoms with Crippen LogP contribution in [-0.2, 0) is 4.79 Å². The van der Waals surface area contributed by atoms with Crippen LogP contribution in [0.15, 0.2) is 46.0 Å². The fraction of sp³-hybridized carbons (Fsp3) is 0.263. The Kier molecular flexibility index (Phi) is 5.11. The first-order valence-corrected chi connectivity index (χ1v) is 10.6. The molecule has 0 aromatic heterocycles. The molecule has 0 bridgehead atoms. The van der Waals surface area contributed by atoms with Crippen molar-refractivity contribution in [2.75, 3.05) is 25.8 Å². The Morgan fingerprint density at radius 2 is 1.96 bits per heavy atom. The van der Waals surface area contributed by atoms with E-state index < -0.39 is 12.2 Å². The van der Waals surface area contributed by atoms with Gasteiger partial charge in [0.25, 0.3) is 5.91 Å². The van der Waals surface area contributed by atoms with E-state index in [1.54, 1.807) is 19.2 Å². The van der Waals surface area contributed by atoms with Gasteiger partial charge in [0.2, 0.25) is 0 Å². The van der Waals surface area contributed by atoms with Crippen molar-refractivity contribution in [1.29, 1.82) is 0 Å². The Morgan fingerprint density at radius 1 is 1.18 bits per heavy atom. The van der Waals surface area contributed by atoms with E-state index in [9.17, 15) is 4.79 Å². The zero-order chi connectivity index (χ0) is 19.8. The lowest BCUT2D eigenvalue weighted by molar-refractivity contribution is -0.127. The van der Waals surface area contributed by atoms with Crippen LogP contribution in [0.5, 0.6) is 11.5 Å². The molecule has 0 saturated heterocycles. The van der Waals surface area contributed by atoms with Crippen LogP contribution >= 0.6 is 27.7 Å². The van der Waals surface area contributed by atoms with Gasteiger partial charge in [-0.3, -0.25) is 9.80 Å². The van der Waals surface area contributed by atoms with Gasteiger partial charge in [0, 0.05) is 21.3 Å². The zero-order valence-electron chi connectivity index (χ0n) is 15.5. The van der Waals surface area contributed by atoms with Gasteiger partial charge in [-0.2, -0.15) is 0 Å². The topological polar surface area (TPSA) is 75.2 Å². The van der Waals surface area contributed by atoms with E-state index in [0.29, 0.717) is 16.7 Å². The van der Waals surface area contributed by atoms with Crippen molar-refractivity contribution in [2.24, 2.45) is 5.10 Å². The number of nitrogens with one attached hydrogen (secondary N) is 2. The minimum atomic E-state index is -0.548. The lowest BCUT2D eigenvalue weighted by atomic mass is 9.97. The number of carbonyl (C=O) groups excluding carboxylic acids is 1. The number of anilines is 1. The number of hydrogen-bond donors (Lipinski definition) is 2. The normalized spacial score (nSPS) is 20.4. The second kappa shape index (κ2) is 7.56. The van der Waals surface area contributed by atoms with Gasteiger partial charge in [-0.05, 0) is 24.5 Å². The average molecular weight is 463 g/mol. The van der Waals surface area contributed by atoms with Crippen LogP contribution in [0.25, 0.3) is 0 Å². The number of ether oxygens (including phenoxy) is 2. The number of fused-ring (bicyclic) bond motifs is 3. The Morgan fingerprint density at radius 3 is 2.68 bits per heavy atom. The van der Waals surface area contributed by atoms with Gasteiger partial charge >= 0.3 is 0 Å². The number of hydrogen-bond acceptors (Lipinski definition) is 7. The van der Waals surface area contributed by atoms with Gasteiger partial charge in [0.1, 0.15) is 6.17 Å². The number of amides is 1. The predicted molar refractivity (Wildman–Crippen MR) is 114 cm³/mol. The van der Waals surface area contributed by atoms with Gasteiger partial charge < -0.3 is 20.1 Å². The summed E-state index contributed by atoms with van der Waals surface area (Å²) in [6.45, 7) is 0. The molecule has 146 valence electrons. The molecule has 1 amide bonds. The molecule has 0 spiro atoms. The van der Waals surface area contributed by atoms with E-state index >= 15 is 0 Å². The van der Waals surface area contributed by atoms with Crippen molar-refractivity contribution in [3.63, 3.8) is 0 Å². The monoisotopic (exact) mass is 462 g/mol. The van der Waals surface area contributed by atoms with Crippen LogP contribution in [0, 0.1) is 0 Å². The quantitative estimate of drug-likeness (QED) is 0.724. The first kappa shape index (κ1) is 18.9. The molecule has 0 radical (unpaired) electrons. The summed E-state index contributed by atoms with van der Waals surface area (Å²) in [5, 5.41) is 13.4. The first-order valence-electron chi connectivity index (χ1n) is 8.56. The Labute approximate surface area is 175 Å². The summed E-state index contributed by atoms with van der Waals surface area (Å²) in [6, 6.07) is 11.0. The molecule has 0 saturated carbocycles. The zero-order valence-corrected chi connectivity index (χ0v) is 17.9. The largest absolute Gasteiger partial charge is 0.493 e. The van der Waals surface area contributed by atoms with Gasteiger partial charge in [-0.25, -0.2) is 0 Å². The van der Waals surface area contributed by atoms with Crippen molar-refractivity contribution >= 4 is 44.5 Å². The lowest BCUT2D eigenvalue weighted by Gasteiger charge is -2.44. The molecule has 9 heteroatoms. The van der Waals surface area contributed by atoms with Crippen molar-refractivity contribution in [3.05, 3.63) is 52.0 Å². The SMILES string of the molecule is COc1cc(Br)cc([C@@H]2Nc3ccccc3[C@@H]3C(=O)NC(SC)=NN23)c1OC. The summed E-state index contributed by atoms with van der Waals surface area (Å²) in [6.07, 6.45) is 1.46. The molecule has 0 unspecified atom stereocenters. The maximum absolute atomic E-state index is 12.9. The number of para-hydroxylation sites is 1. The van der Waals surface area contributed by atoms with Crippen LogP contribution in [0.4, 0.5) is 5.69 Å². The van der Waals surface area contributed by atoms with Gasteiger partial charge in [0.15, 0.2) is 22.7 Å². The minimum Gasteiger partial charge on any atom is -0.493 e. The van der Waals surface area contributed by atoms with E-state index in [-0.39, 0.29) is 5.91 Å². The minimum absolute atomic E-state index is 0.112. The molecule has 28 heavy (non-hydrogen) atoms. The molecular formula is C19H19BrN4O3S. The molecule has 4 rings (SSSR count). The van der Waals surface area contributed by atoms with Crippen molar-refractivity contribution in [3.8, 4) is 11.5 Å². The van der Waals surface area contributed by atoms with E-state index in [4.69, 9.17) is 14.6 Å². The number of hydrazone groups is 1. The van der Waals surface area contributed by atoms with E-state index in [0.717, 1.165) is 21.3 Å². The third-order valence-electron chi connectivity index (χ3n) is 4.72. The molecule has 0 aliphatic carbocycles. The van der Waals surface area contributed by atoms with Crippen LogP contribution < -0.4 is 20.1 Å². The predicted octanol–water partition coefficient (Wildman–Crippen LogP) is 3.70. The highest BCUT2D eigenvalue weighted by atomic mass is 79.9. The third kappa shape index (κ3) is 3.08. The molecule has 2 atom stereocenters. The van der Waals surface area contributed by atoms with Crippen LogP contribution in [0.3, 0.4) is 0 Å². The number of halogens is 1. The van der Waals surface area contributed by atoms with E-state index in [1.807, 2.05) is 42.7 Å². The maximum atomic E-state index is 12.9. The Balaban J connectivity index is 1.92. The molecular weight excluding hydrogens is 444 g/mol. The van der Waals surface area contributed by atoms with Crippen LogP contribution in [0.1, 0.15) is 23.3 Å².